The Bertz CT molecular complexity index is 3950. The summed E-state index contributed by atoms with van der Waals surface area (Å²) in [4.78, 5) is 2.37. The molecule has 0 unspecified atom stereocenters. The quantitative estimate of drug-likeness (QED) is 0.148. The number of rotatable bonds is 8. The highest BCUT2D eigenvalue weighted by atomic mass is 32.1. The molecule has 13 aromatic rings. The van der Waals surface area contributed by atoms with E-state index in [9.17, 15) is 0 Å². The van der Waals surface area contributed by atoms with Crippen molar-refractivity contribution in [3.63, 3.8) is 0 Å². The van der Waals surface area contributed by atoms with Crippen molar-refractivity contribution in [2.24, 2.45) is 0 Å². The molecular weight excluding hydrogens is 829 g/mol. The number of hydrogen-bond acceptors (Lipinski definition) is 2. The Hall–Kier alpha value is -8.50. The van der Waals surface area contributed by atoms with Crippen molar-refractivity contribution < 1.29 is 0 Å². The van der Waals surface area contributed by atoms with Gasteiger partial charge in [0.15, 0.2) is 0 Å². The van der Waals surface area contributed by atoms with E-state index in [2.05, 4.69) is 264 Å². The second kappa shape index (κ2) is 16.2. The molecule has 0 atom stereocenters. The van der Waals surface area contributed by atoms with E-state index in [-0.39, 0.29) is 0 Å². The van der Waals surface area contributed by atoms with Gasteiger partial charge >= 0.3 is 0 Å². The third-order valence-electron chi connectivity index (χ3n) is 13.4. The minimum absolute atomic E-state index is 1.09. The summed E-state index contributed by atoms with van der Waals surface area (Å²) < 4.78 is 5.01. The van der Waals surface area contributed by atoms with Gasteiger partial charge in [0.25, 0.3) is 0 Å². The van der Waals surface area contributed by atoms with E-state index in [1.807, 2.05) is 11.3 Å². The van der Waals surface area contributed by atoms with E-state index >= 15 is 0 Å². The Labute approximate surface area is 393 Å². The number of nitrogens with zero attached hydrogens (tertiary/aromatic N) is 2. The summed E-state index contributed by atoms with van der Waals surface area (Å²) in [5, 5.41) is 7.65. The molecule has 2 heterocycles. The standard InChI is InChI=1S/C64H42N2S/c1-2-15-53(16-3-1)66-61-19-8-6-17-57(61)60-41-51(30-38-62(60)66)45-25-33-55(34-26-45)65(56-35-27-46(28-36-56)52-29-37-59-58-18-7-9-20-63(58)67-64(59)42-52)54-31-23-44(24-32-54)48-13-10-14-49(39-48)50-22-21-43-11-4-5-12-47(43)40-50/h1-42H. The van der Waals surface area contributed by atoms with E-state index in [4.69, 9.17) is 0 Å². The number of thiophene rings is 1. The molecule has 0 aliphatic heterocycles. The fraction of sp³-hybridized carbons (Fsp3) is 0. The lowest BCUT2D eigenvalue weighted by Crippen LogP contribution is -2.09. The van der Waals surface area contributed by atoms with Crippen LogP contribution < -0.4 is 4.90 Å². The van der Waals surface area contributed by atoms with Crippen LogP contribution in [0.5, 0.6) is 0 Å². The molecule has 3 heteroatoms. The molecule has 2 nitrogen and oxygen atoms in total. The molecular formula is C64H42N2S. The van der Waals surface area contributed by atoms with Crippen molar-refractivity contribution in [1.29, 1.82) is 0 Å². The normalized spacial score (nSPS) is 11.6. The molecule has 0 spiro atoms. The summed E-state index contributed by atoms with van der Waals surface area (Å²) in [7, 11) is 0. The summed E-state index contributed by atoms with van der Waals surface area (Å²) in [6, 6.07) is 93.2. The molecule has 11 aromatic carbocycles. The maximum atomic E-state index is 2.37. The minimum Gasteiger partial charge on any atom is -0.311 e. The molecule has 314 valence electrons. The highest BCUT2D eigenvalue weighted by Gasteiger charge is 2.17. The predicted octanol–water partition coefficient (Wildman–Crippen LogP) is 18.4. The Morgan fingerprint density at radius 2 is 0.761 bits per heavy atom. The number of hydrogen-bond donors (Lipinski definition) is 0. The highest BCUT2D eigenvalue weighted by Crippen LogP contribution is 2.41. The molecule has 0 saturated heterocycles. The first-order valence-electron chi connectivity index (χ1n) is 22.9. The zero-order valence-electron chi connectivity index (χ0n) is 36.6. The maximum Gasteiger partial charge on any atom is 0.0541 e. The first kappa shape index (κ1) is 38.9. The van der Waals surface area contributed by atoms with E-state index in [1.54, 1.807) is 0 Å². The fourth-order valence-corrected chi connectivity index (χ4v) is 11.2. The SMILES string of the molecule is c1ccc(-n2c3ccccc3c3cc(-c4ccc(N(c5ccc(-c6cccc(-c7ccc8ccccc8c7)c6)cc5)c5ccc(-c6ccc7c(c6)sc6ccccc67)cc5)cc4)ccc32)cc1. The topological polar surface area (TPSA) is 8.17 Å². The molecule has 0 radical (unpaired) electrons. The average molecular weight is 871 g/mol. The Morgan fingerprint density at radius 1 is 0.269 bits per heavy atom. The van der Waals surface area contributed by atoms with Gasteiger partial charge in [0, 0.05) is 53.7 Å². The van der Waals surface area contributed by atoms with Gasteiger partial charge in [-0.15, -0.1) is 11.3 Å². The number of benzene rings is 11. The zero-order valence-corrected chi connectivity index (χ0v) is 37.4. The van der Waals surface area contributed by atoms with Crippen molar-refractivity contribution in [1.82, 2.24) is 4.57 Å². The number of aromatic nitrogens is 1. The lowest BCUT2D eigenvalue weighted by Gasteiger charge is -2.26. The van der Waals surface area contributed by atoms with Crippen LogP contribution in [0.4, 0.5) is 17.1 Å². The van der Waals surface area contributed by atoms with Gasteiger partial charge in [-0.2, -0.15) is 0 Å². The summed E-state index contributed by atoms with van der Waals surface area (Å²) >= 11 is 1.86. The molecule has 0 saturated carbocycles. The van der Waals surface area contributed by atoms with Crippen LogP contribution in [0.1, 0.15) is 0 Å². The van der Waals surface area contributed by atoms with Crippen molar-refractivity contribution in [3.8, 4) is 50.2 Å². The summed E-state index contributed by atoms with van der Waals surface area (Å²) in [6.07, 6.45) is 0. The molecule has 0 amide bonds. The second-order valence-electron chi connectivity index (χ2n) is 17.3. The Balaban J connectivity index is 0.863. The number of fused-ring (bicyclic) bond motifs is 7. The van der Waals surface area contributed by atoms with E-state index in [0.29, 0.717) is 0 Å². The van der Waals surface area contributed by atoms with Gasteiger partial charge in [-0.25, -0.2) is 0 Å². The molecule has 2 aromatic heterocycles. The monoisotopic (exact) mass is 870 g/mol. The number of anilines is 3. The smallest absolute Gasteiger partial charge is 0.0541 e. The first-order valence-corrected chi connectivity index (χ1v) is 23.7. The lowest BCUT2D eigenvalue weighted by molar-refractivity contribution is 1.18. The molecule has 0 bridgehead atoms. The Morgan fingerprint density at radius 3 is 1.48 bits per heavy atom. The van der Waals surface area contributed by atoms with Gasteiger partial charge in [-0.1, -0.05) is 164 Å². The largest absolute Gasteiger partial charge is 0.311 e. The predicted molar refractivity (Wildman–Crippen MR) is 288 cm³/mol. The van der Waals surface area contributed by atoms with Crippen molar-refractivity contribution in [2.75, 3.05) is 4.90 Å². The molecule has 0 aliphatic carbocycles. The zero-order chi connectivity index (χ0) is 44.3. The summed E-state index contributed by atoms with van der Waals surface area (Å²) in [5.74, 6) is 0. The van der Waals surface area contributed by atoms with E-state index < -0.39 is 0 Å². The van der Waals surface area contributed by atoms with Gasteiger partial charge in [0.05, 0.1) is 11.0 Å². The van der Waals surface area contributed by atoms with Crippen LogP contribution in [0.2, 0.25) is 0 Å². The van der Waals surface area contributed by atoms with Crippen molar-refractivity contribution in [2.45, 2.75) is 0 Å². The minimum atomic E-state index is 1.09. The molecule has 13 rings (SSSR count). The van der Waals surface area contributed by atoms with Crippen LogP contribution in [0.15, 0.2) is 255 Å². The van der Waals surface area contributed by atoms with Crippen molar-refractivity contribution in [3.05, 3.63) is 255 Å². The van der Waals surface area contributed by atoms with E-state index in [1.165, 1.54) is 103 Å². The molecule has 0 N–H and O–H groups in total. The van der Waals surface area contributed by atoms with Gasteiger partial charge in [0.2, 0.25) is 0 Å². The van der Waals surface area contributed by atoms with Crippen LogP contribution in [0.25, 0.3) is 103 Å². The van der Waals surface area contributed by atoms with Crippen LogP contribution in [-0.2, 0) is 0 Å². The lowest BCUT2D eigenvalue weighted by atomic mass is 9.97. The van der Waals surface area contributed by atoms with Gasteiger partial charge < -0.3 is 9.47 Å². The highest BCUT2D eigenvalue weighted by molar-refractivity contribution is 7.25. The van der Waals surface area contributed by atoms with Gasteiger partial charge in [-0.05, 0) is 146 Å². The third-order valence-corrected chi connectivity index (χ3v) is 14.5. The van der Waals surface area contributed by atoms with Crippen LogP contribution >= 0.6 is 11.3 Å². The molecule has 0 fully saturated rings. The molecule has 0 aliphatic rings. The fourth-order valence-electron chi connectivity index (χ4n) is 10.0. The van der Waals surface area contributed by atoms with Crippen molar-refractivity contribution >= 4 is 81.1 Å². The summed E-state index contributed by atoms with van der Waals surface area (Å²) in [5.41, 5.74) is 16.5. The van der Waals surface area contributed by atoms with Crippen LogP contribution in [0, 0.1) is 0 Å². The van der Waals surface area contributed by atoms with Gasteiger partial charge in [0.1, 0.15) is 0 Å². The summed E-state index contributed by atoms with van der Waals surface area (Å²) in [6.45, 7) is 0. The average Bonchev–Trinajstić information content (AvgIpc) is 3.94. The van der Waals surface area contributed by atoms with Crippen LogP contribution in [0.3, 0.4) is 0 Å². The van der Waals surface area contributed by atoms with Gasteiger partial charge in [-0.3, -0.25) is 0 Å². The number of para-hydroxylation sites is 2. The first-order chi connectivity index (χ1) is 33.2. The van der Waals surface area contributed by atoms with Crippen LogP contribution in [-0.4, -0.2) is 4.57 Å². The maximum absolute atomic E-state index is 2.37. The third kappa shape index (κ3) is 6.96. The van der Waals surface area contributed by atoms with E-state index in [0.717, 1.165) is 17.1 Å². The second-order valence-corrected chi connectivity index (χ2v) is 18.4. The molecule has 67 heavy (non-hydrogen) atoms. The Kier molecular flexibility index (Phi) is 9.40.